The standard InChI is InChI=1S/C15H12ClN3O/c16-13-6-7-14(18-10-13)19-15(20)12-5-1-3-11(9-12)4-2-8-17/h1,3,5-7,9-10H,8,17H2,(H,18,19,20). The smallest absolute Gasteiger partial charge is 0.256 e. The van der Waals surface area contributed by atoms with Crippen LogP contribution in [-0.2, 0) is 0 Å². The summed E-state index contributed by atoms with van der Waals surface area (Å²) in [6, 6.07) is 10.3. The molecule has 5 heteroatoms. The molecule has 0 aliphatic heterocycles. The Bertz CT molecular complexity index is 672. The number of halogens is 1. The molecule has 20 heavy (non-hydrogen) atoms. The molecule has 2 aromatic rings. The topological polar surface area (TPSA) is 68.0 Å². The largest absolute Gasteiger partial charge is 0.320 e. The van der Waals surface area contributed by atoms with Crippen LogP contribution in [-0.4, -0.2) is 17.4 Å². The van der Waals surface area contributed by atoms with Crippen molar-refractivity contribution < 1.29 is 4.79 Å². The Morgan fingerprint density at radius 1 is 1.35 bits per heavy atom. The van der Waals surface area contributed by atoms with E-state index in [1.165, 1.54) is 6.20 Å². The average molecular weight is 286 g/mol. The number of aromatic nitrogens is 1. The SMILES string of the molecule is NCC#Cc1cccc(C(=O)Nc2ccc(Cl)cn2)c1. The molecule has 1 aromatic carbocycles. The van der Waals surface area contributed by atoms with Gasteiger partial charge in [-0.3, -0.25) is 4.79 Å². The highest BCUT2D eigenvalue weighted by molar-refractivity contribution is 6.30. The van der Waals surface area contributed by atoms with E-state index in [1.54, 1.807) is 30.3 Å². The van der Waals surface area contributed by atoms with Gasteiger partial charge in [-0.2, -0.15) is 0 Å². The number of nitrogens with zero attached hydrogens (tertiary/aromatic N) is 1. The van der Waals surface area contributed by atoms with Crippen LogP contribution in [0.2, 0.25) is 5.02 Å². The second kappa shape index (κ2) is 6.71. The number of anilines is 1. The highest BCUT2D eigenvalue weighted by Crippen LogP contribution is 2.11. The third kappa shape index (κ3) is 3.82. The summed E-state index contributed by atoms with van der Waals surface area (Å²) in [6.07, 6.45) is 1.47. The summed E-state index contributed by atoms with van der Waals surface area (Å²) in [4.78, 5) is 16.1. The molecular weight excluding hydrogens is 274 g/mol. The molecule has 0 saturated heterocycles. The fraction of sp³-hybridized carbons (Fsp3) is 0.0667. The number of nitrogens with two attached hydrogens (primary N) is 1. The van der Waals surface area contributed by atoms with Crippen molar-refractivity contribution in [1.82, 2.24) is 4.98 Å². The van der Waals surface area contributed by atoms with Gasteiger partial charge in [-0.25, -0.2) is 4.98 Å². The van der Waals surface area contributed by atoms with Gasteiger partial charge in [0.05, 0.1) is 11.6 Å². The first-order chi connectivity index (χ1) is 9.69. The normalized spacial score (nSPS) is 9.50. The third-order valence-corrected chi connectivity index (χ3v) is 2.65. The summed E-state index contributed by atoms with van der Waals surface area (Å²) >= 11 is 5.73. The van der Waals surface area contributed by atoms with E-state index < -0.39 is 0 Å². The second-order valence-corrected chi connectivity index (χ2v) is 4.34. The third-order valence-electron chi connectivity index (χ3n) is 2.43. The van der Waals surface area contributed by atoms with Crippen LogP contribution in [0.15, 0.2) is 42.6 Å². The van der Waals surface area contributed by atoms with E-state index in [9.17, 15) is 4.79 Å². The molecular formula is C15H12ClN3O. The first kappa shape index (κ1) is 14.1. The minimum absolute atomic E-state index is 0.253. The van der Waals surface area contributed by atoms with Gasteiger partial charge in [0.1, 0.15) is 5.82 Å². The van der Waals surface area contributed by atoms with E-state index in [4.69, 9.17) is 17.3 Å². The van der Waals surface area contributed by atoms with Gasteiger partial charge in [0.2, 0.25) is 0 Å². The average Bonchev–Trinajstić information content (AvgIpc) is 2.48. The van der Waals surface area contributed by atoms with Crippen molar-refractivity contribution >= 4 is 23.3 Å². The lowest BCUT2D eigenvalue weighted by molar-refractivity contribution is 0.102. The predicted molar refractivity (Wildman–Crippen MR) is 79.6 cm³/mol. The maximum Gasteiger partial charge on any atom is 0.256 e. The molecule has 0 fully saturated rings. The van der Waals surface area contributed by atoms with Crippen LogP contribution >= 0.6 is 11.6 Å². The molecule has 2 rings (SSSR count). The fourth-order valence-electron chi connectivity index (χ4n) is 1.53. The minimum Gasteiger partial charge on any atom is -0.320 e. The van der Waals surface area contributed by atoms with Gasteiger partial charge in [0.25, 0.3) is 5.91 Å². The maximum absolute atomic E-state index is 12.1. The van der Waals surface area contributed by atoms with Gasteiger partial charge in [0.15, 0.2) is 0 Å². The van der Waals surface area contributed by atoms with Gasteiger partial charge in [-0.05, 0) is 30.3 Å². The molecule has 0 aliphatic carbocycles. The number of carbonyl (C=O) groups excluding carboxylic acids is 1. The van der Waals surface area contributed by atoms with Gasteiger partial charge < -0.3 is 11.1 Å². The van der Waals surface area contributed by atoms with Crippen molar-refractivity contribution in [2.24, 2.45) is 5.73 Å². The van der Waals surface area contributed by atoms with Crippen molar-refractivity contribution in [3.05, 3.63) is 58.7 Å². The number of hydrogen-bond acceptors (Lipinski definition) is 3. The lowest BCUT2D eigenvalue weighted by Gasteiger charge is -2.04. The van der Waals surface area contributed by atoms with Crippen molar-refractivity contribution in [1.29, 1.82) is 0 Å². The Balaban J connectivity index is 2.14. The van der Waals surface area contributed by atoms with Crippen molar-refractivity contribution in [2.75, 3.05) is 11.9 Å². The lowest BCUT2D eigenvalue weighted by Crippen LogP contribution is -2.12. The molecule has 0 aliphatic rings. The molecule has 3 N–H and O–H groups in total. The number of amides is 1. The number of carbonyl (C=O) groups is 1. The summed E-state index contributed by atoms with van der Waals surface area (Å²) in [5.74, 6) is 5.82. The molecule has 0 atom stereocenters. The monoisotopic (exact) mass is 285 g/mol. The first-order valence-electron chi connectivity index (χ1n) is 5.91. The molecule has 1 heterocycles. The lowest BCUT2D eigenvalue weighted by atomic mass is 10.1. The number of hydrogen-bond donors (Lipinski definition) is 2. The summed E-state index contributed by atoms with van der Waals surface area (Å²) in [7, 11) is 0. The summed E-state index contributed by atoms with van der Waals surface area (Å²) in [5.41, 5.74) is 6.56. The van der Waals surface area contributed by atoms with E-state index in [1.807, 2.05) is 6.07 Å². The summed E-state index contributed by atoms with van der Waals surface area (Å²) in [5, 5.41) is 3.20. The minimum atomic E-state index is -0.253. The second-order valence-electron chi connectivity index (χ2n) is 3.90. The molecule has 1 amide bonds. The van der Waals surface area contributed by atoms with Crippen LogP contribution < -0.4 is 11.1 Å². The molecule has 0 saturated carbocycles. The van der Waals surface area contributed by atoms with Gasteiger partial charge >= 0.3 is 0 Å². The molecule has 0 spiro atoms. The van der Waals surface area contributed by atoms with E-state index in [0.29, 0.717) is 16.4 Å². The summed E-state index contributed by atoms with van der Waals surface area (Å²) < 4.78 is 0. The first-order valence-corrected chi connectivity index (χ1v) is 6.29. The fourth-order valence-corrected chi connectivity index (χ4v) is 1.64. The molecule has 4 nitrogen and oxygen atoms in total. The number of pyridine rings is 1. The molecule has 0 unspecified atom stereocenters. The van der Waals surface area contributed by atoms with Crippen LogP contribution in [0.3, 0.4) is 0 Å². The van der Waals surface area contributed by atoms with Gasteiger partial charge in [-0.15, -0.1) is 0 Å². The molecule has 100 valence electrons. The zero-order valence-corrected chi connectivity index (χ0v) is 11.3. The van der Waals surface area contributed by atoms with Crippen LogP contribution in [0, 0.1) is 11.8 Å². The Morgan fingerprint density at radius 3 is 2.90 bits per heavy atom. The zero-order chi connectivity index (χ0) is 14.4. The van der Waals surface area contributed by atoms with Gasteiger partial charge in [0, 0.05) is 17.3 Å². The Labute approximate surface area is 122 Å². The highest BCUT2D eigenvalue weighted by atomic mass is 35.5. The van der Waals surface area contributed by atoms with E-state index >= 15 is 0 Å². The van der Waals surface area contributed by atoms with Crippen molar-refractivity contribution in [3.8, 4) is 11.8 Å². The summed E-state index contributed by atoms with van der Waals surface area (Å²) in [6.45, 7) is 0.283. The number of rotatable bonds is 2. The zero-order valence-electron chi connectivity index (χ0n) is 10.6. The molecule has 1 aromatic heterocycles. The van der Waals surface area contributed by atoms with E-state index in [0.717, 1.165) is 5.56 Å². The van der Waals surface area contributed by atoms with Crippen LogP contribution in [0.1, 0.15) is 15.9 Å². The Kier molecular flexibility index (Phi) is 4.72. The van der Waals surface area contributed by atoms with Crippen molar-refractivity contribution in [3.63, 3.8) is 0 Å². The number of nitrogens with one attached hydrogen (secondary N) is 1. The Morgan fingerprint density at radius 2 is 2.20 bits per heavy atom. The van der Waals surface area contributed by atoms with Gasteiger partial charge in [-0.1, -0.05) is 29.5 Å². The Hall–Kier alpha value is -2.35. The number of benzene rings is 1. The maximum atomic E-state index is 12.1. The van der Waals surface area contributed by atoms with E-state index in [2.05, 4.69) is 22.1 Å². The molecule has 0 bridgehead atoms. The van der Waals surface area contributed by atoms with Crippen LogP contribution in [0.25, 0.3) is 0 Å². The van der Waals surface area contributed by atoms with E-state index in [-0.39, 0.29) is 12.5 Å². The van der Waals surface area contributed by atoms with Crippen LogP contribution in [0.5, 0.6) is 0 Å². The highest BCUT2D eigenvalue weighted by Gasteiger charge is 2.06. The van der Waals surface area contributed by atoms with Crippen LogP contribution in [0.4, 0.5) is 5.82 Å². The predicted octanol–water partition coefficient (Wildman–Crippen LogP) is 2.30. The quantitative estimate of drug-likeness (QED) is 0.832. The van der Waals surface area contributed by atoms with Crippen molar-refractivity contribution in [2.45, 2.75) is 0 Å². The molecule has 0 radical (unpaired) electrons.